The van der Waals surface area contributed by atoms with Gasteiger partial charge in [0, 0.05) is 26.2 Å². The van der Waals surface area contributed by atoms with Crippen LogP contribution in [0.5, 0.6) is 11.5 Å². The van der Waals surface area contributed by atoms with Crippen molar-refractivity contribution in [3.8, 4) is 11.5 Å². The van der Waals surface area contributed by atoms with Crippen molar-refractivity contribution in [2.45, 2.75) is 32.4 Å². The molecular formula is C14H23NO3. The van der Waals surface area contributed by atoms with E-state index in [1.807, 2.05) is 32.0 Å². The van der Waals surface area contributed by atoms with Crippen molar-refractivity contribution < 1.29 is 14.2 Å². The average Bonchev–Trinajstić information content (AvgIpc) is 2.36. The third-order valence-electron chi connectivity index (χ3n) is 2.77. The molecule has 0 saturated heterocycles. The number of hydrogen-bond donors (Lipinski definition) is 1. The van der Waals surface area contributed by atoms with Gasteiger partial charge >= 0.3 is 0 Å². The molecule has 0 aliphatic rings. The molecule has 0 aliphatic heterocycles. The van der Waals surface area contributed by atoms with E-state index in [4.69, 9.17) is 19.9 Å². The molecule has 0 fully saturated rings. The van der Waals surface area contributed by atoms with Crippen molar-refractivity contribution in [1.82, 2.24) is 0 Å². The molecule has 1 aromatic rings. The van der Waals surface area contributed by atoms with E-state index in [0.29, 0.717) is 12.4 Å². The van der Waals surface area contributed by atoms with Gasteiger partial charge in [0.05, 0.1) is 13.2 Å². The zero-order valence-electron chi connectivity index (χ0n) is 11.6. The van der Waals surface area contributed by atoms with E-state index in [2.05, 4.69) is 0 Å². The van der Waals surface area contributed by atoms with Gasteiger partial charge < -0.3 is 19.9 Å². The van der Waals surface area contributed by atoms with Crippen LogP contribution in [0.4, 0.5) is 0 Å². The molecule has 2 N–H and O–H groups in total. The van der Waals surface area contributed by atoms with E-state index in [0.717, 1.165) is 17.7 Å². The second-order valence-electron chi connectivity index (χ2n) is 4.41. The van der Waals surface area contributed by atoms with Crippen LogP contribution in [0.25, 0.3) is 0 Å². The second-order valence-corrected chi connectivity index (χ2v) is 4.41. The van der Waals surface area contributed by atoms with Gasteiger partial charge in [-0.3, -0.25) is 0 Å². The Kier molecular flexibility index (Phi) is 5.95. The molecule has 0 aromatic heterocycles. The Morgan fingerprint density at radius 1 is 1.17 bits per heavy atom. The van der Waals surface area contributed by atoms with Crippen LogP contribution < -0.4 is 15.2 Å². The summed E-state index contributed by atoms with van der Waals surface area (Å²) in [6.07, 6.45) is 0.925. The van der Waals surface area contributed by atoms with Crippen LogP contribution in [0.15, 0.2) is 18.2 Å². The lowest BCUT2D eigenvalue weighted by molar-refractivity contribution is 0.132. The van der Waals surface area contributed by atoms with Crippen molar-refractivity contribution in [3.05, 3.63) is 23.8 Å². The lowest BCUT2D eigenvalue weighted by Gasteiger charge is -2.18. The van der Waals surface area contributed by atoms with Gasteiger partial charge in [0.2, 0.25) is 0 Å². The maximum atomic E-state index is 5.84. The smallest absolute Gasteiger partial charge is 0.161 e. The molecule has 0 aliphatic carbocycles. The predicted octanol–water partition coefficient (Wildman–Crippen LogP) is 2.52. The zero-order valence-corrected chi connectivity index (χ0v) is 11.6. The molecule has 0 spiro atoms. The molecule has 2 atom stereocenters. The van der Waals surface area contributed by atoms with E-state index < -0.39 is 0 Å². The summed E-state index contributed by atoms with van der Waals surface area (Å²) in [5, 5.41) is 0. The predicted molar refractivity (Wildman–Crippen MR) is 72.2 cm³/mol. The molecule has 1 rings (SSSR count). The number of ether oxygens (including phenoxy) is 3. The Morgan fingerprint density at radius 2 is 1.89 bits per heavy atom. The summed E-state index contributed by atoms with van der Waals surface area (Å²) in [6, 6.07) is 5.77. The van der Waals surface area contributed by atoms with Crippen molar-refractivity contribution in [2.24, 2.45) is 5.73 Å². The minimum absolute atomic E-state index is 0.0149. The monoisotopic (exact) mass is 253 g/mol. The van der Waals surface area contributed by atoms with Crippen LogP contribution in [0.1, 0.15) is 31.9 Å². The van der Waals surface area contributed by atoms with Gasteiger partial charge in [-0.1, -0.05) is 6.07 Å². The van der Waals surface area contributed by atoms with Crippen LogP contribution in [0, 0.1) is 0 Å². The highest BCUT2D eigenvalue weighted by atomic mass is 16.5. The lowest BCUT2D eigenvalue weighted by Crippen LogP contribution is -2.15. The van der Waals surface area contributed by atoms with Crippen LogP contribution >= 0.6 is 0 Å². The molecule has 0 radical (unpaired) electrons. The van der Waals surface area contributed by atoms with Crippen LogP contribution in [0.3, 0.4) is 0 Å². The van der Waals surface area contributed by atoms with Gasteiger partial charge in [-0.15, -0.1) is 0 Å². The molecular weight excluding hydrogens is 230 g/mol. The van der Waals surface area contributed by atoms with Gasteiger partial charge in [-0.25, -0.2) is 0 Å². The molecule has 102 valence electrons. The van der Waals surface area contributed by atoms with Crippen LogP contribution in [0.2, 0.25) is 0 Å². The van der Waals surface area contributed by atoms with E-state index in [-0.39, 0.29) is 12.1 Å². The van der Waals surface area contributed by atoms with E-state index in [9.17, 15) is 0 Å². The van der Waals surface area contributed by atoms with Gasteiger partial charge in [-0.05, 0) is 31.5 Å². The molecule has 0 amide bonds. The third-order valence-corrected chi connectivity index (χ3v) is 2.77. The standard InChI is InChI=1S/C14H23NO3/c1-10(7-8-16-3)18-13-6-5-12(11(2)15)9-14(13)17-4/h5-6,9-11H,7-8,15H2,1-4H3. The third kappa shape index (κ3) is 4.20. The number of benzene rings is 1. The minimum atomic E-state index is -0.0149. The first kappa shape index (κ1) is 14.8. The van der Waals surface area contributed by atoms with Gasteiger partial charge in [-0.2, -0.15) is 0 Å². The number of nitrogens with two attached hydrogens (primary N) is 1. The Balaban J connectivity index is 2.76. The first-order chi connectivity index (χ1) is 8.58. The van der Waals surface area contributed by atoms with Crippen LogP contribution in [-0.2, 0) is 4.74 Å². The molecule has 0 bridgehead atoms. The lowest BCUT2D eigenvalue weighted by atomic mass is 10.1. The van der Waals surface area contributed by atoms with E-state index >= 15 is 0 Å². The molecule has 1 aromatic carbocycles. The zero-order chi connectivity index (χ0) is 13.5. The van der Waals surface area contributed by atoms with E-state index in [1.165, 1.54) is 0 Å². The Morgan fingerprint density at radius 3 is 2.44 bits per heavy atom. The van der Waals surface area contributed by atoms with Gasteiger partial charge in [0.15, 0.2) is 11.5 Å². The Bertz CT molecular complexity index is 366. The fourth-order valence-corrected chi connectivity index (χ4v) is 1.62. The second kappa shape index (κ2) is 7.24. The summed E-state index contributed by atoms with van der Waals surface area (Å²) in [5.41, 5.74) is 6.87. The quantitative estimate of drug-likeness (QED) is 0.811. The maximum absolute atomic E-state index is 5.84. The first-order valence-electron chi connectivity index (χ1n) is 6.17. The Hall–Kier alpha value is -1.26. The highest BCUT2D eigenvalue weighted by Crippen LogP contribution is 2.30. The fourth-order valence-electron chi connectivity index (χ4n) is 1.62. The SMILES string of the molecule is COCCC(C)Oc1ccc(C(C)N)cc1OC. The Labute approximate surface area is 109 Å². The maximum Gasteiger partial charge on any atom is 0.161 e. The van der Waals surface area contributed by atoms with Crippen molar-refractivity contribution in [3.63, 3.8) is 0 Å². The highest BCUT2D eigenvalue weighted by molar-refractivity contribution is 5.43. The van der Waals surface area contributed by atoms with Crippen molar-refractivity contribution in [1.29, 1.82) is 0 Å². The molecule has 18 heavy (non-hydrogen) atoms. The molecule has 2 unspecified atom stereocenters. The molecule has 4 nitrogen and oxygen atoms in total. The van der Waals surface area contributed by atoms with Crippen molar-refractivity contribution >= 4 is 0 Å². The number of methoxy groups -OCH3 is 2. The van der Waals surface area contributed by atoms with Gasteiger partial charge in [0.25, 0.3) is 0 Å². The summed E-state index contributed by atoms with van der Waals surface area (Å²) in [7, 11) is 3.32. The largest absolute Gasteiger partial charge is 0.493 e. The topological polar surface area (TPSA) is 53.7 Å². The molecule has 0 heterocycles. The first-order valence-corrected chi connectivity index (χ1v) is 6.17. The number of hydrogen-bond acceptors (Lipinski definition) is 4. The summed E-state index contributed by atoms with van der Waals surface area (Å²) < 4.78 is 16.2. The highest BCUT2D eigenvalue weighted by Gasteiger charge is 2.11. The average molecular weight is 253 g/mol. The van der Waals surface area contributed by atoms with Gasteiger partial charge in [0.1, 0.15) is 0 Å². The summed E-state index contributed by atoms with van der Waals surface area (Å²) in [5.74, 6) is 1.46. The summed E-state index contributed by atoms with van der Waals surface area (Å²) >= 11 is 0. The van der Waals surface area contributed by atoms with Crippen molar-refractivity contribution in [2.75, 3.05) is 20.8 Å². The summed E-state index contributed by atoms with van der Waals surface area (Å²) in [6.45, 7) is 4.63. The normalized spacial score (nSPS) is 14.1. The number of rotatable bonds is 7. The molecule has 4 heteroatoms. The van der Waals surface area contributed by atoms with Crippen LogP contribution in [-0.4, -0.2) is 26.9 Å². The molecule has 0 saturated carbocycles. The minimum Gasteiger partial charge on any atom is -0.493 e. The fraction of sp³-hybridized carbons (Fsp3) is 0.571. The van der Waals surface area contributed by atoms with E-state index in [1.54, 1.807) is 14.2 Å². The summed E-state index contributed by atoms with van der Waals surface area (Å²) in [4.78, 5) is 0.